The molecule has 24 nitrogen and oxygen atoms in total. The van der Waals surface area contributed by atoms with Gasteiger partial charge in [0.25, 0.3) is 0 Å². The Morgan fingerprint density at radius 3 is 1.58 bits per heavy atom. The molecule has 86 heavy (non-hydrogen) atoms. The number of nitrogens with one attached hydrogen (secondary N) is 2. The molecule has 2 N–H and O–H groups in total. The smallest absolute Gasteiger partial charge is 0.399 e. The van der Waals surface area contributed by atoms with E-state index in [1.807, 2.05) is 67.9 Å². The first-order chi connectivity index (χ1) is 40.7. The first kappa shape index (κ1) is 62.8. The van der Waals surface area contributed by atoms with E-state index >= 15 is 0 Å². The maximum absolute atomic E-state index is 13.2. The fourth-order valence-electron chi connectivity index (χ4n) is 10.1. The van der Waals surface area contributed by atoms with Crippen LogP contribution in [0.2, 0.25) is 5.28 Å². The number of ketones is 2. The number of Topliss-reactive ketones (excluding diaryl/α,β-unsaturated/α-hetero) is 2. The van der Waals surface area contributed by atoms with E-state index in [2.05, 4.69) is 153 Å². The molecule has 0 amide bonds. The van der Waals surface area contributed by atoms with Crippen molar-refractivity contribution in [1.82, 2.24) is 79.5 Å². The number of hydrogen-bond donors (Lipinski definition) is 2. The number of carbonyl (C=O) groups is 2. The average Bonchev–Trinajstić information content (AvgIpc) is 2.02. The van der Waals surface area contributed by atoms with Crippen molar-refractivity contribution in [1.29, 1.82) is 0 Å². The zero-order valence-electron chi connectivity index (χ0n) is 51.7. The third kappa shape index (κ3) is 15.5. The molecule has 26 heteroatoms. The number of aryl methyl sites for hydroxylation is 2. The highest BCUT2D eigenvalue weighted by atomic mass is 35.5. The summed E-state index contributed by atoms with van der Waals surface area (Å²) < 4.78 is 26.7. The molecule has 6 aromatic heterocycles. The molecule has 454 valence electrons. The Kier molecular flexibility index (Phi) is 19.1. The Balaban J connectivity index is 0.000000169. The van der Waals surface area contributed by atoms with Gasteiger partial charge in [-0.15, -0.1) is 0 Å². The van der Waals surface area contributed by atoms with Crippen LogP contribution in [0.1, 0.15) is 176 Å². The molecule has 3 aliphatic rings. The van der Waals surface area contributed by atoms with E-state index in [0.717, 1.165) is 74.5 Å². The van der Waals surface area contributed by atoms with E-state index in [0.29, 0.717) is 42.3 Å². The standard InChI is InChI=1S/C27H33N9O2.C26H38BN3O4.C7H7ClN6/c1-6-36-10-9-17(12-22(37)24-32-25(38-34-24)27(2,3)4)21-8-7-18(11-19(21)14-36)23-28-16-29-26(33-23)31-20-13-30-35(5)15-20;1-9-30-13-12-17(15-21(31)22-28-23(32-29-22)24(2,3)4)20-11-10-19(14-18(20)16-30)27-33-25(5,6)26(7,8)34-27;1-14-3-5(2-11-14)12-7-10-4-9-6(8)13-7/h7-8,11,13,15-17H,6,9-10,12,14H2,1-5H3,(H,28,29,31,33);10-11,14,17H,9,12-13,15-16H2,1-8H3;2-4H,1H3,(H,9,10,12,13)/t2*17-;/m00./s1. The normalized spacial score (nSPS) is 17.7. The number of rotatable bonds is 14. The van der Waals surface area contributed by atoms with Gasteiger partial charge in [0.15, 0.2) is 5.82 Å². The Morgan fingerprint density at radius 1 is 0.651 bits per heavy atom. The van der Waals surface area contributed by atoms with Gasteiger partial charge in [0.2, 0.25) is 52.2 Å². The van der Waals surface area contributed by atoms with Crippen molar-refractivity contribution in [3.05, 3.63) is 125 Å². The highest BCUT2D eigenvalue weighted by Gasteiger charge is 2.52. The van der Waals surface area contributed by atoms with Crippen LogP contribution in [0.25, 0.3) is 11.4 Å². The zero-order valence-corrected chi connectivity index (χ0v) is 52.5. The molecule has 8 aromatic rings. The molecule has 0 aliphatic carbocycles. The summed E-state index contributed by atoms with van der Waals surface area (Å²) in [6.45, 7) is 29.9. The molecule has 1 saturated heterocycles. The summed E-state index contributed by atoms with van der Waals surface area (Å²) in [6.07, 6.45) is 12.4. The predicted octanol–water partition coefficient (Wildman–Crippen LogP) is 9.53. The lowest BCUT2D eigenvalue weighted by atomic mass is 9.76. The molecule has 0 bridgehead atoms. The molecule has 2 atom stereocenters. The molecular weight excluding hydrogens is 1120 g/mol. The maximum atomic E-state index is 13.2. The van der Waals surface area contributed by atoms with Crippen LogP contribution in [0.3, 0.4) is 0 Å². The number of fused-ring (bicyclic) bond motifs is 2. The van der Waals surface area contributed by atoms with E-state index < -0.39 is 7.12 Å². The summed E-state index contributed by atoms with van der Waals surface area (Å²) in [5.41, 5.74) is 6.94. The quantitative estimate of drug-likeness (QED) is 0.0757. The van der Waals surface area contributed by atoms with Gasteiger partial charge in [-0.25, -0.2) is 19.9 Å². The van der Waals surface area contributed by atoms with Crippen LogP contribution in [0.5, 0.6) is 0 Å². The molecule has 9 heterocycles. The van der Waals surface area contributed by atoms with Gasteiger partial charge < -0.3 is 29.0 Å². The highest BCUT2D eigenvalue weighted by Crippen LogP contribution is 2.39. The largest absolute Gasteiger partial charge is 0.494 e. The summed E-state index contributed by atoms with van der Waals surface area (Å²) in [4.78, 5) is 64.6. The van der Waals surface area contributed by atoms with E-state index in [-0.39, 0.29) is 62.4 Å². The van der Waals surface area contributed by atoms with Gasteiger partial charge in [0.05, 0.1) is 35.0 Å². The summed E-state index contributed by atoms with van der Waals surface area (Å²) in [5, 5.41) is 22.4. The number of carbonyl (C=O) groups excluding carboxylic acids is 2. The minimum Gasteiger partial charge on any atom is -0.399 e. The number of aromatic nitrogens is 14. The van der Waals surface area contributed by atoms with Crippen LogP contribution >= 0.6 is 11.6 Å². The van der Waals surface area contributed by atoms with Crippen molar-refractivity contribution in [2.45, 2.75) is 156 Å². The van der Waals surface area contributed by atoms with E-state index in [9.17, 15) is 9.59 Å². The third-order valence-corrected chi connectivity index (χ3v) is 16.0. The molecule has 3 aliphatic heterocycles. The first-order valence-electron chi connectivity index (χ1n) is 29.1. The Labute approximate surface area is 507 Å². The van der Waals surface area contributed by atoms with Crippen molar-refractivity contribution < 1.29 is 27.9 Å². The van der Waals surface area contributed by atoms with Gasteiger partial charge in [0.1, 0.15) is 12.7 Å². The monoisotopic (exact) mass is 1190 g/mol. The fraction of sp³-hybridized carbons (Fsp3) is 0.500. The van der Waals surface area contributed by atoms with Crippen LogP contribution in [-0.4, -0.2) is 136 Å². The predicted molar refractivity (Wildman–Crippen MR) is 326 cm³/mol. The highest BCUT2D eigenvalue weighted by molar-refractivity contribution is 6.62. The number of benzene rings is 2. The van der Waals surface area contributed by atoms with Crippen molar-refractivity contribution >= 4 is 59.0 Å². The topological polar surface area (TPSA) is 274 Å². The van der Waals surface area contributed by atoms with E-state index in [1.54, 1.807) is 28.0 Å². The van der Waals surface area contributed by atoms with Crippen LogP contribution < -0.4 is 16.1 Å². The molecule has 0 saturated carbocycles. The average molecular weight is 1190 g/mol. The Hall–Kier alpha value is -7.71. The summed E-state index contributed by atoms with van der Waals surface area (Å²) >= 11 is 5.59. The first-order valence-corrected chi connectivity index (χ1v) is 29.5. The fourth-order valence-corrected chi connectivity index (χ4v) is 10.3. The van der Waals surface area contributed by atoms with Crippen LogP contribution in [0.15, 0.2) is 82.9 Å². The number of halogens is 1. The zero-order chi connectivity index (χ0) is 61.7. The molecule has 0 radical (unpaired) electrons. The lowest BCUT2D eigenvalue weighted by Crippen LogP contribution is -2.41. The number of hydrogen-bond acceptors (Lipinski definition) is 22. The summed E-state index contributed by atoms with van der Waals surface area (Å²) in [5.74, 6) is 2.71. The van der Waals surface area contributed by atoms with E-state index in [4.69, 9.17) is 30.0 Å². The van der Waals surface area contributed by atoms with Crippen molar-refractivity contribution in [3.8, 4) is 11.4 Å². The second kappa shape index (κ2) is 26.1. The third-order valence-electron chi connectivity index (χ3n) is 15.8. The maximum Gasteiger partial charge on any atom is 0.494 e. The van der Waals surface area contributed by atoms with Crippen LogP contribution in [0, 0.1) is 0 Å². The van der Waals surface area contributed by atoms with Crippen molar-refractivity contribution in [3.63, 3.8) is 0 Å². The molecule has 0 unspecified atom stereocenters. The molecule has 2 aromatic carbocycles. The van der Waals surface area contributed by atoms with Crippen molar-refractivity contribution in [2.75, 3.05) is 36.8 Å². The minimum absolute atomic E-state index is 0.0563. The number of anilines is 4. The summed E-state index contributed by atoms with van der Waals surface area (Å²) in [7, 11) is 3.28. The SMILES string of the molecule is CCN1CC[C@@H](CC(=O)c2noc(C(C)(C)C)n2)c2ccc(-c3ncnc(Nc4cnn(C)c4)n3)cc2C1.CCN1CC[C@@H](CC(=O)c2noc(C(C)(C)C)n2)c2ccc(B3OC(C)(C)C(C)(C)O3)cc2C1.Cn1cc(Nc2ncnc(Cl)n2)cn1. The van der Waals surface area contributed by atoms with Crippen LogP contribution in [-0.2, 0) is 47.3 Å². The summed E-state index contributed by atoms with van der Waals surface area (Å²) in [6, 6.07) is 12.7. The molecule has 11 rings (SSSR count). The van der Waals surface area contributed by atoms with Gasteiger partial charge in [-0.05, 0) is 124 Å². The van der Waals surface area contributed by atoms with Crippen molar-refractivity contribution in [2.24, 2.45) is 14.1 Å². The molecular formula is C60H78BClN18O6. The lowest BCUT2D eigenvalue weighted by Gasteiger charge is -2.32. The van der Waals surface area contributed by atoms with Gasteiger partial charge >= 0.3 is 7.12 Å². The minimum atomic E-state index is -0.399. The van der Waals surface area contributed by atoms with Gasteiger partial charge in [-0.2, -0.15) is 30.1 Å². The van der Waals surface area contributed by atoms with Gasteiger partial charge in [-0.1, -0.05) is 96.0 Å². The Morgan fingerprint density at radius 2 is 1.13 bits per heavy atom. The molecule has 0 spiro atoms. The lowest BCUT2D eigenvalue weighted by molar-refractivity contribution is 0.00578. The number of nitrogens with zero attached hydrogens (tertiary/aromatic N) is 16. The van der Waals surface area contributed by atoms with Gasteiger partial charge in [0, 0.05) is 68.8 Å². The Bertz CT molecular complexity index is 3630. The second-order valence-corrected chi connectivity index (χ2v) is 25.4. The van der Waals surface area contributed by atoms with Gasteiger partial charge in [-0.3, -0.25) is 28.8 Å². The van der Waals surface area contributed by atoms with Crippen LogP contribution in [0.4, 0.5) is 23.3 Å². The van der Waals surface area contributed by atoms with E-state index in [1.165, 1.54) is 34.9 Å². The molecule has 1 fully saturated rings. The second-order valence-electron chi connectivity index (χ2n) is 25.0.